The molecule has 1 aliphatic heterocycles. The SMILES string of the molecule is C=CC(=O)OC(C)[N+](C)(C)N1CCOCC1.[Cl-]. The number of halogens is 1. The average Bonchev–Trinajstić information content (AvgIpc) is 2.29. The molecule has 0 radical (unpaired) electrons. The van der Waals surface area contributed by atoms with Gasteiger partial charge in [0, 0.05) is 13.0 Å². The highest BCUT2D eigenvalue weighted by Crippen LogP contribution is 2.15. The molecule has 1 unspecified atom stereocenters. The first-order valence-corrected chi connectivity index (χ1v) is 5.48. The highest BCUT2D eigenvalue weighted by molar-refractivity contribution is 5.81. The molecule has 1 aliphatic rings. The summed E-state index contributed by atoms with van der Waals surface area (Å²) in [7, 11) is 4.04. The maximum absolute atomic E-state index is 11.2. The zero-order chi connectivity index (χ0) is 12.2. The molecule has 17 heavy (non-hydrogen) atoms. The van der Waals surface area contributed by atoms with E-state index in [0.717, 1.165) is 26.3 Å². The number of esters is 1. The number of carbonyl (C=O) groups excluding carboxylic acids is 1. The lowest BCUT2D eigenvalue weighted by Gasteiger charge is -2.44. The third-order valence-electron chi connectivity index (χ3n) is 3.06. The van der Waals surface area contributed by atoms with Gasteiger partial charge in [-0.15, -0.1) is 5.01 Å². The zero-order valence-electron chi connectivity index (χ0n) is 10.7. The first-order chi connectivity index (χ1) is 7.48. The Morgan fingerprint density at radius 1 is 1.47 bits per heavy atom. The maximum Gasteiger partial charge on any atom is 0.334 e. The highest BCUT2D eigenvalue weighted by atomic mass is 35.5. The summed E-state index contributed by atoms with van der Waals surface area (Å²) in [5, 5.41) is 2.23. The lowest BCUT2D eigenvalue weighted by molar-refractivity contribution is -1.04. The van der Waals surface area contributed by atoms with Crippen LogP contribution in [0, 0.1) is 0 Å². The smallest absolute Gasteiger partial charge is 0.334 e. The van der Waals surface area contributed by atoms with E-state index in [0.29, 0.717) is 4.59 Å². The molecule has 1 saturated heterocycles. The molecule has 0 spiro atoms. The van der Waals surface area contributed by atoms with Gasteiger partial charge in [0.1, 0.15) is 0 Å². The van der Waals surface area contributed by atoms with Crippen LogP contribution < -0.4 is 12.4 Å². The van der Waals surface area contributed by atoms with Gasteiger partial charge in [0.05, 0.1) is 40.4 Å². The molecule has 0 aromatic rings. The molecule has 1 atom stereocenters. The fourth-order valence-corrected chi connectivity index (χ4v) is 1.64. The standard InChI is InChI=1S/C11H21N2O3.ClH/c1-5-11(14)16-10(2)13(3,4)12-6-8-15-9-7-12;/h5,10H,1,6-9H2,2-4H3;1H/q+1;/p-1. The summed E-state index contributed by atoms with van der Waals surface area (Å²) in [6.45, 7) is 8.43. The number of rotatable bonds is 4. The second kappa shape index (κ2) is 6.96. The molecule has 0 amide bonds. The van der Waals surface area contributed by atoms with Gasteiger partial charge < -0.3 is 21.9 Å². The van der Waals surface area contributed by atoms with Crippen molar-refractivity contribution in [2.45, 2.75) is 13.2 Å². The summed E-state index contributed by atoms with van der Waals surface area (Å²) >= 11 is 0. The van der Waals surface area contributed by atoms with E-state index in [9.17, 15) is 4.79 Å². The van der Waals surface area contributed by atoms with Crippen LogP contribution in [-0.2, 0) is 14.3 Å². The van der Waals surface area contributed by atoms with Crippen molar-refractivity contribution in [3.63, 3.8) is 0 Å². The third-order valence-corrected chi connectivity index (χ3v) is 3.06. The van der Waals surface area contributed by atoms with Gasteiger partial charge in [-0.3, -0.25) is 0 Å². The second-order valence-corrected chi connectivity index (χ2v) is 4.29. The fourth-order valence-electron chi connectivity index (χ4n) is 1.64. The highest BCUT2D eigenvalue weighted by Gasteiger charge is 2.35. The van der Waals surface area contributed by atoms with Gasteiger partial charge in [-0.1, -0.05) is 6.58 Å². The van der Waals surface area contributed by atoms with Gasteiger partial charge in [0.15, 0.2) is 0 Å². The predicted molar refractivity (Wildman–Crippen MR) is 60.3 cm³/mol. The van der Waals surface area contributed by atoms with Crippen LogP contribution in [0.1, 0.15) is 6.92 Å². The largest absolute Gasteiger partial charge is 1.00 e. The van der Waals surface area contributed by atoms with Crippen molar-refractivity contribution in [3.05, 3.63) is 12.7 Å². The molecule has 1 fully saturated rings. The van der Waals surface area contributed by atoms with E-state index in [-0.39, 0.29) is 24.6 Å². The van der Waals surface area contributed by atoms with Gasteiger partial charge in [0.25, 0.3) is 6.23 Å². The summed E-state index contributed by atoms with van der Waals surface area (Å²) in [4.78, 5) is 11.2. The number of ether oxygens (including phenoxy) is 2. The lowest BCUT2D eigenvalue weighted by atomic mass is 10.4. The van der Waals surface area contributed by atoms with E-state index in [1.54, 1.807) is 0 Å². The van der Waals surface area contributed by atoms with Crippen molar-refractivity contribution in [3.8, 4) is 0 Å². The molecule has 1 rings (SSSR count). The van der Waals surface area contributed by atoms with Crippen LogP contribution in [0.4, 0.5) is 0 Å². The first kappa shape index (κ1) is 16.4. The van der Waals surface area contributed by atoms with Crippen LogP contribution in [0.25, 0.3) is 0 Å². The van der Waals surface area contributed by atoms with Crippen LogP contribution in [0.15, 0.2) is 12.7 Å². The average molecular weight is 265 g/mol. The Kier molecular flexibility index (Phi) is 6.70. The molecule has 0 saturated carbocycles. The molecule has 1 heterocycles. The second-order valence-electron chi connectivity index (χ2n) is 4.29. The van der Waals surface area contributed by atoms with E-state index >= 15 is 0 Å². The Hall–Kier alpha value is -0.620. The van der Waals surface area contributed by atoms with Gasteiger partial charge in [-0.25, -0.2) is 9.39 Å². The Labute approximate surface area is 109 Å². The Morgan fingerprint density at radius 3 is 2.47 bits per heavy atom. The van der Waals surface area contributed by atoms with E-state index < -0.39 is 0 Å². The fraction of sp³-hybridized carbons (Fsp3) is 0.727. The number of carbonyl (C=O) groups is 1. The van der Waals surface area contributed by atoms with E-state index in [4.69, 9.17) is 9.47 Å². The molecule has 0 N–H and O–H groups in total. The summed E-state index contributed by atoms with van der Waals surface area (Å²) in [5.74, 6) is -0.382. The van der Waals surface area contributed by atoms with Gasteiger partial charge in [0.2, 0.25) is 0 Å². The quantitative estimate of drug-likeness (QED) is 0.241. The molecular formula is C11H21ClN2O3. The zero-order valence-corrected chi connectivity index (χ0v) is 11.4. The number of hydrogen-bond donors (Lipinski definition) is 0. The van der Waals surface area contributed by atoms with Crippen molar-refractivity contribution < 1.29 is 31.3 Å². The van der Waals surface area contributed by atoms with Crippen molar-refractivity contribution >= 4 is 5.97 Å². The van der Waals surface area contributed by atoms with E-state index in [1.165, 1.54) is 6.08 Å². The van der Waals surface area contributed by atoms with Crippen molar-refractivity contribution in [2.24, 2.45) is 0 Å². The molecule has 0 aromatic carbocycles. The summed E-state index contributed by atoms with van der Waals surface area (Å²) in [6.07, 6.45) is 0.958. The minimum absolute atomic E-state index is 0. The molecule has 6 heteroatoms. The van der Waals surface area contributed by atoms with Crippen LogP contribution in [0.2, 0.25) is 0 Å². The molecule has 0 aliphatic carbocycles. The van der Waals surface area contributed by atoms with E-state index in [2.05, 4.69) is 11.6 Å². The van der Waals surface area contributed by atoms with Crippen LogP contribution in [-0.4, -0.2) is 62.2 Å². The number of morpholine rings is 1. The van der Waals surface area contributed by atoms with Crippen LogP contribution in [0.3, 0.4) is 0 Å². The molecule has 0 aromatic heterocycles. The summed E-state index contributed by atoms with van der Waals surface area (Å²) < 4.78 is 11.1. The Balaban J connectivity index is 0.00000256. The van der Waals surface area contributed by atoms with Gasteiger partial charge in [-0.2, -0.15) is 0 Å². The minimum atomic E-state index is -0.382. The molecule has 0 bridgehead atoms. The molecule has 5 nitrogen and oxygen atoms in total. The number of nitrogens with zero attached hydrogens (tertiary/aromatic N) is 2. The van der Waals surface area contributed by atoms with Crippen molar-refractivity contribution in [2.75, 3.05) is 40.4 Å². The Morgan fingerprint density at radius 2 is 2.00 bits per heavy atom. The number of quaternary nitrogens is 1. The number of hydrogen-bond acceptors (Lipinski definition) is 4. The van der Waals surface area contributed by atoms with Crippen molar-refractivity contribution in [1.29, 1.82) is 0 Å². The monoisotopic (exact) mass is 264 g/mol. The van der Waals surface area contributed by atoms with Crippen molar-refractivity contribution in [1.82, 2.24) is 5.01 Å². The van der Waals surface area contributed by atoms with Gasteiger partial charge in [-0.05, 0) is 0 Å². The summed E-state index contributed by atoms with van der Waals surface area (Å²) in [6, 6.07) is 0. The first-order valence-electron chi connectivity index (χ1n) is 5.48. The maximum atomic E-state index is 11.2. The van der Waals surface area contributed by atoms with Crippen LogP contribution >= 0.6 is 0 Å². The topological polar surface area (TPSA) is 38.8 Å². The Bertz CT molecular complexity index is 265. The third kappa shape index (κ3) is 4.27. The normalized spacial score (nSPS) is 19.0. The molecular weight excluding hydrogens is 244 g/mol. The van der Waals surface area contributed by atoms with Gasteiger partial charge >= 0.3 is 5.97 Å². The van der Waals surface area contributed by atoms with E-state index in [1.807, 2.05) is 21.0 Å². The lowest BCUT2D eigenvalue weighted by Crippen LogP contribution is -3.00. The minimum Gasteiger partial charge on any atom is -1.00 e. The van der Waals surface area contributed by atoms with Crippen LogP contribution in [0.5, 0.6) is 0 Å². The molecule has 100 valence electrons. The summed E-state index contributed by atoms with van der Waals surface area (Å²) in [5.41, 5.74) is 0. The predicted octanol–water partition coefficient (Wildman–Crippen LogP) is -2.61.